The molecule has 6 heteroatoms. The van der Waals surface area contributed by atoms with Gasteiger partial charge < -0.3 is 10.6 Å². The molecule has 0 aliphatic carbocycles. The Kier molecular flexibility index (Phi) is 6.05. The molecule has 144 valence electrons. The van der Waals surface area contributed by atoms with E-state index < -0.39 is 0 Å². The van der Waals surface area contributed by atoms with Gasteiger partial charge in [0.1, 0.15) is 0 Å². The molecule has 27 heavy (non-hydrogen) atoms. The van der Waals surface area contributed by atoms with Gasteiger partial charge in [-0.1, -0.05) is 43.8 Å². The number of carbonyl (C=O) groups excluding carboxylic acids is 2. The van der Waals surface area contributed by atoms with Gasteiger partial charge in [-0.3, -0.25) is 9.59 Å². The predicted octanol–water partition coefficient (Wildman–Crippen LogP) is 3.38. The van der Waals surface area contributed by atoms with E-state index in [0.29, 0.717) is 25.9 Å². The van der Waals surface area contributed by atoms with E-state index in [-0.39, 0.29) is 28.9 Å². The van der Waals surface area contributed by atoms with Crippen LogP contribution in [0.3, 0.4) is 0 Å². The van der Waals surface area contributed by atoms with Crippen molar-refractivity contribution in [2.24, 2.45) is 17.6 Å². The summed E-state index contributed by atoms with van der Waals surface area (Å²) in [7, 11) is 0. The molecule has 1 saturated heterocycles. The molecule has 2 N–H and O–H groups in total. The summed E-state index contributed by atoms with van der Waals surface area (Å²) in [6.45, 7) is 7.41. The lowest BCUT2D eigenvalue weighted by Gasteiger charge is -2.34. The van der Waals surface area contributed by atoms with Gasteiger partial charge in [-0.2, -0.15) is 0 Å². The fraction of sp³-hybridized carbons (Fsp3) is 0.476. The maximum atomic E-state index is 13.1. The number of likely N-dealkylation sites (tertiary alicyclic amines) is 1. The van der Waals surface area contributed by atoms with Crippen LogP contribution in [-0.2, 0) is 9.59 Å². The number of hydrogen-bond donors (Lipinski definition) is 1. The number of pyridine rings is 1. The summed E-state index contributed by atoms with van der Waals surface area (Å²) in [5.41, 5.74) is 7.53. The molecule has 5 nitrogen and oxygen atoms in total. The smallest absolute Gasteiger partial charge is 0.236 e. The largest absolute Gasteiger partial charge is 0.369 e. The minimum absolute atomic E-state index is 0.107. The van der Waals surface area contributed by atoms with Crippen molar-refractivity contribution < 1.29 is 9.59 Å². The number of aromatic nitrogens is 1. The van der Waals surface area contributed by atoms with Crippen LogP contribution in [0.25, 0.3) is 10.9 Å². The molecule has 1 aliphatic heterocycles. The Morgan fingerprint density at radius 1 is 1.22 bits per heavy atom. The highest BCUT2D eigenvalue weighted by Gasteiger charge is 2.32. The molecular weight excluding hydrogens is 358 g/mol. The first kappa shape index (κ1) is 19.7. The van der Waals surface area contributed by atoms with E-state index in [2.05, 4.69) is 32.9 Å². The van der Waals surface area contributed by atoms with Crippen LogP contribution in [0, 0.1) is 18.8 Å². The number of piperidine rings is 1. The van der Waals surface area contributed by atoms with Gasteiger partial charge >= 0.3 is 0 Å². The lowest BCUT2D eigenvalue weighted by molar-refractivity contribution is -0.135. The Morgan fingerprint density at radius 2 is 1.89 bits per heavy atom. The minimum atomic E-state index is -0.257. The van der Waals surface area contributed by atoms with E-state index in [1.165, 1.54) is 5.56 Å². The molecule has 2 heterocycles. The maximum Gasteiger partial charge on any atom is 0.236 e. The molecule has 0 bridgehead atoms. The van der Waals surface area contributed by atoms with Gasteiger partial charge in [0.2, 0.25) is 11.8 Å². The molecule has 1 atom stereocenters. The van der Waals surface area contributed by atoms with Crippen molar-refractivity contribution in [1.29, 1.82) is 0 Å². The van der Waals surface area contributed by atoms with Crippen LogP contribution in [0.15, 0.2) is 35.4 Å². The number of aryl methyl sites for hydroxylation is 1. The fourth-order valence-electron chi connectivity index (χ4n) is 3.54. The van der Waals surface area contributed by atoms with E-state index in [0.717, 1.165) is 15.9 Å². The lowest BCUT2D eigenvalue weighted by atomic mass is 9.95. The standard InChI is InChI=1S/C21H27N3O2S/c1-13(2)19(21(26)24-10-8-15(9-11-24)20(22)25)27-18-12-14(3)16-6-4-5-7-17(16)23-18/h4-7,12-13,15,19H,8-11H2,1-3H3,(H2,22,25). The first-order valence-corrected chi connectivity index (χ1v) is 10.4. The van der Waals surface area contributed by atoms with Gasteiger partial charge in [0.15, 0.2) is 0 Å². The number of para-hydroxylation sites is 1. The number of amides is 2. The van der Waals surface area contributed by atoms with Crippen molar-refractivity contribution in [2.45, 2.75) is 43.9 Å². The molecule has 1 aromatic heterocycles. The number of thioether (sulfide) groups is 1. The van der Waals surface area contributed by atoms with Crippen LogP contribution < -0.4 is 5.73 Å². The molecule has 0 radical (unpaired) electrons. The van der Waals surface area contributed by atoms with Gasteiger partial charge in [0.05, 0.1) is 15.8 Å². The van der Waals surface area contributed by atoms with Gasteiger partial charge in [-0.15, -0.1) is 0 Å². The van der Waals surface area contributed by atoms with Crippen LogP contribution >= 0.6 is 11.8 Å². The summed E-state index contributed by atoms with van der Waals surface area (Å²) in [5.74, 6) is -0.0489. The zero-order valence-electron chi connectivity index (χ0n) is 16.1. The van der Waals surface area contributed by atoms with E-state index in [1.807, 2.05) is 23.1 Å². The van der Waals surface area contributed by atoms with E-state index in [4.69, 9.17) is 10.7 Å². The molecule has 1 fully saturated rings. The van der Waals surface area contributed by atoms with Crippen LogP contribution in [-0.4, -0.2) is 40.0 Å². The average Bonchev–Trinajstić information content (AvgIpc) is 2.65. The third kappa shape index (κ3) is 4.43. The first-order chi connectivity index (χ1) is 12.9. The van der Waals surface area contributed by atoms with Crippen molar-refractivity contribution in [2.75, 3.05) is 13.1 Å². The Bertz CT molecular complexity index is 844. The average molecular weight is 386 g/mol. The van der Waals surface area contributed by atoms with Crippen molar-refractivity contribution in [1.82, 2.24) is 9.88 Å². The highest BCUT2D eigenvalue weighted by molar-refractivity contribution is 8.00. The topological polar surface area (TPSA) is 76.3 Å². The second-order valence-corrected chi connectivity index (χ2v) is 8.74. The highest BCUT2D eigenvalue weighted by Crippen LogP contribution is 2.32. The SMILES string of the molecule is Cc1cc(SC(C(=O)N2CCC(C(N)=O)CC2)C(C)C)nc2ccccc12. The highest BCUT2D eigenvalue weighted by atomic mass is 32.2. The van der Waals surface area contributed by atoms with Gasteiger partial charge in [0.25, 0.3) is 0 Å². The number of rotatable bonds is 5. The number of carbonyl (C=O) groups is 2. The second-order valence-electron chi connectivity index (χ2n) is 7.58. The molecule has 1 aliphatic rings. The predicted molar refractivity (Wildman–Crippen MR) is 109 cm³/mol. The van der Waals surface area contributed by atoms with Crippen molar-refractivity contribution in [3.05, 3.63) is 35.9 Å². The van der Waals surface area contributed by atoms with E-state index in [1.54, 1.807) is 11.8 Å². The van der Waals surface area contributed by atoms with Crippen molar-refractivity contribution in [3.63, 3.8) is 0 Å². The molecule has 1 aromatic carbocycles. The minimum Gasteiger partial charge on any atom is -0.369 e. The number of fused-ring (bicyclic) bond motifs is 1. The summed E-state index contributed by atoms with van der Waals surface area (Å²) in [6.07, 6.45) is 1.31. The number of nitrogens with two attached hydrogens (primary N) is 1. The molecule has 0 spiro atoms. The molecule has 2 aromatic rings. The molecule has 1 unspecified atom stereocenters. The van der Waals surface area contributed by atoms with Crippen LogP contribution in [0.2, 0.25) is 0 Å². The molecule has 2 amide bonds. The zero-order valence-corrected chi connectivity index (χ0v) is 17.0. The number of benzene rings is 1. The molecule has 0 saturated carbocycles. The summed E-state index contributed by atoms with van der Waals surface area (Å²) in [6, 6.07) is 10.1. The first-order valence-electron chi connectivity index (χ1n) is 9.48. The summed E-state index contributed by atoms with van der Waals surface area (Å²) < 4.78 is 0. The normalized spacial score (nSPS) is 16.7. The Labute approximate surface area is 164 Å². The monoisotopic (exact) mass is 385 g/mol. The second kappa shape index (κ2) is 8.30. The summed E-state index contributed by atoms with van der Waals surface area (Å²) in [5, 5.41) is 1.83. The molecular formula is C21H27N3O2S. The number of hydrogen-bond acceptors (Lipinski definition) is 4. The Morgan fingerprint density at radius 3 is 2.52 bits per heavy atom. The van der Waals surface area contributed by atoms with Gasteiger partial charge in [-0.25, -0.2) is 4.98 Å². The third-order valence-electron chi connectivity index (χ3n) is 5.21. The maximum absolute atomic E-state index is 13.1. The summed E-state index contributed by atoms with van der Waals surface area (Å²) >= 11 is 1.54. The summed E-state index contributed by atoms with van der Waals surface area (Å²) in [4.78, 5) is 31.1. The number of primary amides is 1. The van der Waals surface area contributed by atoms with Crippen LogP contribution in [0.4, 0.5) is 0 Å². The number of nitrogens with zero attached hydrogens (tertiary/aromatic N) is 2. The van der Waals surface area contributed by atoms with E-state index >= 15 is 0 Å². The van der Waals surface area contributed by atoms with Crippen LogP contribution in [0.1, 0.15) is 32.3 Å². The Hall–Kier alpha value is -2.08. The fourth-order valence-corrected chi connectivity index (χ4v) is 4.72. The van der Waals surface area contributed by atoms with Gasteiger partial charge in [-0.05, 0) is 43.4 Å². The lowest BCUT2D eigenvalue weighted by Crippen LogP contribution is -2.46. The molecule has 3 rings (SSSR count). The van der Waals surface area contributed by atoms with Gasteiger partial charge in [0, 0.05) is 24.4 Å². The van der Waals surface area contributed by atoms with Crippen molar-refractivity contribution >= 4 is 34.5 Å². The van der Waals surface area contributed by atoms with Crippen molar-refractivity contribution in [3.8, 4) is 0 Å². The van der Waals surface area contributed by atoms with E-state index in [9.17, 15) is 9.59 Å². The quantitative estimate of drug-likeness (QED) is 0.801. The Balaban J connectivity index is 1.76. The third-order valence-corrected chi connectivity index (χ3v) is 6.66. The zero-order chi connectivity index (χ0) is 19.6. The van der Waals surface area contributed by atoms with Crippen LogP contribution in [0.5, 0.6) is 0 Å².